The number of hydrogen-bond acceptors (Lipinski definition) is 6. The summed E-state index contributed by atoms with van der Waals surface area (Å²) < 4.78 is 0. The van der Waals surface area contributed by atoms with E-state index in [1.54, 1.807) is 0 Å². The highest BCUT2D eigenvalue weighted by Crippen LogP contribution is 2.60. The minimum atomic E-state index is -0.833. The van der Waals surface area contributed by atoms with Gasteiger partial charge in [-0.1, -0.05) is 0 Å². The minimum absolute atomic E-state index is 0.0942. The first-order chi connectivity index (χ1) is 18.5. The van der Waals surface area contributed by atoms with E-state index in [0.29, 0.717) is 0 Å². The standard InChI is InChI=1S/C29H55N3O2.2C2H4O2/c1-23(2)13-19(14-24(3,4)30-23)29(22(33)34,20-15-25(5,6)31-26(7,8)16-20)21-17-27(9,10)32-28(11,12)18-21;2*1-2(3)4/h19-21,30-32H,13-18H2,1-12H3,(H,33,34);2*1H3,(H,3,4). The van der Waals surface area contributed by atoms with Crippen LogP contribution in [0.25, 0.3) is 0 Å². The van der Waals surface area contributed by atoms with E-state index >= 15 is 0 Å². The third-order valence-corrected chi connectivity index (χ3v) is 8.97. The topological polar surface area (TPSA) is 148 Å². The van der Waals surface area contributed by atoms with E-state index in [1.807, 2.05) is 0 Å². The predicted octanol–water partition coefficient (Wildman–Crippen LogP) is 5.91. The highest BCUT2D eigenvalue weighted by molar-refractivity contribution is 5.76. The van der Waals surface area contributed by atoms with Crippen LogP contribution in [0.5, 0.6) is 0 Å². The average Bonchev–Trinajstić information content (AvgIpc) is 2.59. The van der Waals surface area contributed by atoms with Crippen molar-refractivity contribution in [2.75, 3.05) is 0 Å². The maximum atomic E-state index is 13.9. The van der Waals surface area contributed by atoms with Crippen molar-refractivity contribution in [2.24, 2.45) is 23.2 Å². The van der Waals surface area contributed by atoms with Crippen molar-refractivity contribution in [1.29, 1.82) is 0 Å². The molecule has 3 fully saturated rings. The van der Waals surface area contributed by atoms with Gasteiger partial charge in [-0.2, -0.15) is 0 Å². The molecular formula is C33H63N3O6. The second-order valence-electron chi connectivity index (χ2n) is 17.3. The molecule has 3 saturated heterocycles. The third kappa shape index (κ3) is 10.8. The van der Waals surface area contributed by atoms with Crippen molar-refractivity contribution in [2.45, 2.75) is 169 Å². The maximum Gasteiger partial charge on any atom is 0.310 e. The molecule has 0 spiro atoms. The van der Waals surface area contributed by atoms with Gasteiger partial charge in [-0.25, -0.2) is 0 Å². The van der Waals surface area contributed by atoms with Gasteiger partial charge in [0.05, 0.1) is 5.41 Å². The van der Waals surface area contributed by atoms with Crippen molar-refractivity contribution in [3.63, 3.8) is 0 Å². The van der Waals surface area contributed by atoms with Gasteiger partial charge in [-0.3, -0.25) is 14.4 Å². The van der Waals surface area contributed by atoms with Crippen LogP contribution in [-0.2, 0) is 14.4 Å². The van der Waals surface area contributed by atoms with Crippen LogP contribution in [0, 0.1) is 23.2 Å². The minimum Gasteiger partial charge on any atom is -0.481 e. The number of aliphatic carboxylic acids is 3. The van der Waals surface area contributed by atoms with E-state index < -0.39 is 23.3 Å². The molecule has 0 aromatic rings. The van der Waals surface area contributed by atoms with Gasteiger partial charge in [0.2, 0.25) is 0 Å². The summed E-state index contributed by atoms with van der Waals surface area (Å²) in [5.41, 5.74) is -1.33. The summed E-state index contributed by atoms with van der Waals surface area (Å²) in [4.78, 5) is 31.9. The zero-order chi connectivity index (χ0) is 33.3. The molecule has 0 atom stereocenters. The Morgan fingerprint density at radius 3 is 0.738 bits per heavy atom. The summed E-state index contributed by atoms with van der Waals surface area (Å²) in [5, 5.41) is 37.8. The zero-order valence-corrected chi connectivity index (χ0v) is 29.0. The number of nitrogens with one attached hydrogen (secondary N) is 3. The summed E-state index contributed by atoms with van der Waals surface area (Å²) in [6.07, 6.45) is 5.41. The van der Waals surface area contributed by atoms with E-state index in [9.17, 15) is 9.90 Å². The molecule has 9 nitrogen and oxygen atoms in total. The highest BCUT2D eigenvalue weighted by Gasteiger charge is 2.63. The summed E-state index contributed by atoms with van der Waals surface area (Å²) >= 11 is 0. The smallest absolute Gasteiger partial charge is 0.310 e. The van der Waals surface area contributed by atoms with E-state index in [-0.39, 0.29) is 51.0 Å². The number of carbonyl (C=O) groups is 3. The van der Waals surface area contributed by atoms with E-state index in [2.05, 4.69) is 99.0 Å². The fourth-order valence-corrected chi connectivity index (χ4v) is 9.50. The van der Waals surface area contributed by atoms with E-state index in [0.717, 1.165) is 52.4 Å². The van der Waals surface area contributed by atoms with Crippen molar-refractivity contribution >= 4 is 17.9 Å². The molecule has 3 heterocycles. The van der Waals surface area contributed by atoms with E-state index in [1.165, 1.54) is 0 Å². The lowest BCUT2D eigenvalue weighted by molar-refractivity contribution is -0.179. The maximum absolute atomic E-state index is 13.9. The predicted molar refractivity (Wildman–Crippen MR) is 169 cm³/mol. The zero-order valence-electron chi connectivity index (χ0n) is 29.0. The van der Waals surface area contributed by atoms with Crippen LogP contribution in [-0.4, -0.2) is 66.5 Å². The molecule has 3 aliphatic heterocycles. The Labute approximate surface area is 255 Å². The molecule has 0 aromatic heterocycles. The summed E-state index contributed by atoms with van der Waals surface area (Å²) in [6.45, 7) is 29.3. The lowest BCUT2D eigenvalue weighted by atomic mass is 9.47. The molecule has 42 heavy (non-hydrogen) atoms. The Hall–Kier alpha value is -1.71. The van der Waals surface area contributed by atoms with Crippen LogP contribution in [0.1, 0.15) is 135 Å². The second-order valence-corrected chi connectivity index (χ2v) is 17.3. The van der Waals surface area contributed by atoms with Crippen molar-refractivity contribution in [1.82, 2.24) is 16.0 Å². The first-order valence-electron chi connectivity index (χ1n) is 15.5. The van der Waals surface area contributed by atoms with Crippen molar-refractivity contribution < 1.29 is 29.7 Å². The number of carboxylic acid groups (broad SMARTS) is 3. The third-order valence-electron chi connectivity index (χ3n) is 8.97. The molecule has 0 radical (unpaired) electrons. The van der Waals surface area contributed by atoms with Crippen molar-refractivity contribution in [3.8, 4) is 0 Å². The van der Waals surface area contributed by atoms with Crippen LogP contribution in [0.15, 0.2) is 0 Å². The van der Waals surface area contributed by atoms with Crippen LogP contribution in [0.2, 0.25) is 0 Å². The van der Waals surface area contributed by atoms with Gasteiger partial charge in [0, 0.05) is 47.1 Å². The van der Waals surface area contributed by atoms with Gasteiger partial charge in [-0.05, 0) is 139 Å². The van der Waals surface area contributed by atoms with Crippen LogP contribution >= 0.6 is 0 Å². The van der Waals surface area contributed by atoms with E-state index in [4.69, 9.17) is 19.8 Å². The highest BCUT2D eigenvalue weighted by atomic mass is 16.4. The fraction of sp³-hybridized carbons (Fsp3) is 0.909. The molecule has 0 aromatic carbocycles. The lowest BCUT2D eigenvalue weighted by Crippen LogP contribution is -2.69. The van der Waals surface area contributed by atoms with Crippen LogP contribution in [0.3, 0.4) is 0 Å². The Balaban J connectivity index is 0.000000978. The molecule has 0 unspecified atom stereocenters. The fourth-order valence-electron chi connectivity index (χ4n) is 9.50. The SMILES string of the molecule is CC(=O)O.CC(=O)O.CC1(C)CC(C(C(=O)O)(C2CC(C)(C)NC(C)(C)C2)C2CC(C)(C)NC(C)(C)C2)CC(C)(C)N1. The Morgan fingerprint density at radius 2 is 0.619 bits per heavy atom. The molecule has 3 rings (SSSR count). The van der Waals surface area contributed by atoms with Crippen molar-refractivity contribution in [3.05, 3.63) is 0 Å². The van der Waals surface area contributed by atoms with Gasteiger partial charge < -0.3 is 31.3 Å². The molecular weight excluding hydrogens is 534 g/mol. The average molecular weight is 598 g/mol. The molecule has 246 valence electrons. The number of piperidine rings is 3. The first kappa shape index (κ1) is 38.3. The van der Waals surface area contributed by atoms with Crippen LogP contribution < -0.4 is 16.0 Å². The summed E-state index contributed by atoms with van der Waals surface area (Å²) in [6, 6.07) is 0. The van der Waals surface area contributed by atoms with Gasteiger partial charge in [-0.15, -0.1) is 0 Å². The molecule has 0 aliphatic carbocycles. The second kappa shape index (κ2) is 12.7. The number of rotatable bonds is 4. The number of hydrogen-bond donors (Lipinski definition) is 6. The molecule has 0 amide bonds. The first-order valence-corrected chi connectivity index (χ1v) is 15.5. The number of carboxylic acids is 3. The Morgan fingerprint density at radius 1 is 0.476 bits per heavy atom. The normalized spacial score (nSPS) is 26.4. The quantitative estimate of drug-likeness (QED) is 0.233. The molecule has 6 N–H and O–H groups in total. The Bertz CT molecular complexity index is 821. The molecule has 0 saturated carbocycles. The van der Waals surface area contributed by atoms with Gasteiger partial charge >= 0.3 is 5.97 Å². The van der Waals surface area contributed by atoms with Gasteiger partial charge in [0.25, 0.3) is 11.9 Å². The van der Waals surface area contributed by atoms with Gasteiger partial charge in [0.1, 0.15) is 0 Å². The summed E-state index contributed by atoms with van der Waals surface area (Å²) in [7, 11) is 0. The molecule has 0 bridgehead atoms. The monoisotopic (exact) mass is 597 g/mol. The summed E-state index contributed by atoms with van der Waals surface area (Å²) in [5.74, 6) is -1.84. The van der Waals surface area contributed by atoms with Gasteiger partial charge in [0.15, 0.2) is 0 Å². The molecule has 3 aliphatic rings. The largest absolute Gasteiger partial charge is 0.481 e. The van der Waals surface area contributed by atoms with Crippen LogP contribution in [0.4, 0.5) is 0 Å². The Kier molecular flexibility index (Phi) is 11.6. The lowest BCUT2D eigenvalue weighted by Gasteiger charge is -2.62. The molecule has 9 heteroatoms.